The second-order valence-electron chi connectivity index (χ2n) is 2.78. The summed E-state index contributed by atoms with van der Waals surface area (Å²) in [5.74, 6) is -0.278. The van der Waals surface area contributed by atoms with Crippen molar-refractivity contribution in [1.82, 2.24) is 0 Å². The summed E-state index contributed by atoms with van der Waals surface area (Å²) in [5.41, 5.74) is 5.63. The van der Waals surface area contributed by atoms with Crippen LogP contribution >= 0.6 is 0 Å². The Kier molecular flexibility index (Phi) is 3.79. The molecule has 0 saturated heterocycles. The van der Waals surface area contributed by atoms with Gasteiger partial charge in [-0.1, -0.05) is 6.07 Å². The molecule has 0 bridgehead atoms. The fraction of sp³-hybridized carbons (Fsp3) is 0.300. The minimum atomic E-state index is -0.472. The molecule has 0 radical (unpaired) electrons. The first-order chi connectivity index (χ1) is 7.15. The lowest BCUT2D eigenvalue weighted by atomic mass is 10.3. The highest BCUT2D eigenvalue weighted by atomic mass is 16.6. The van der Waals surface area contributed by atoms with Crippen molar-refractivity contribution in [2.75, 3.05) is 18.9 Å². The lowest BCUT2D eigenvalue weighted by Gasteiger charge is -2.08. The average molecular weight is 211 g/mol. The Morgan fingerprint density at radius 3 is 2.93 bits per heavy atom. The SMILES string of the molecule is CCOC(=O)COc1cccc(O)c1N. The van der Waals surface area contributed by atoms with Crippen LogP contribution in [-0.4, -0.2) is 24.3 Å². The van der Waals surface area contributed by atoms with Gasteiger partial charge in [-0.2, -0.15) is 0 Å². The van der Waals surface area contributed by atoms with Gasteiger partial charge in [0.2, 0.25) is 0 Å². The molecule has 0 saturated carbocycles. The van der Waals surface area contributed by atoms with E-state index < -0.39 is 5.97 Å². The molecule has 0 heterocycles. The molecule has 0 aliphatic rings. The number of phenols is 1. The first-order valence-electron chi connectivity index (χ1n) is 4.51. The third-order valence-corrected chi connectivity index (χ3v) is 1.69. The summed E-state index contributed by atoms with van der Waals surface area (Å²) in [5, 5.41) is 9.25. The molecule has 3 N–H and O–H groups in total. The summed E-state index contributed by atoms with van der Waals surface area (Å²) >= 11 is 0. The number of aromatic hydroxyl groups is 1. The zero-order chi connectivity index (χ0) is 11.3. The molecule has 1 aromatic carbocycles. The van der Waals surface area contributed by atoms with E-state index in [0.29, 0.717) is 6.61 Å². The Morgan fingerprint density at radius 1 is 1.53 bits per heavy atom. The summed E-state index contributed by atoms with van der Waals surface area (Å²) in [6, 6.07) is 4.58. The number of benzene rings is 1. The molecule has 5 nitrogen and oxygen atoms in total. The Balaban J connectivity index is 2.58. The number of nitrogens with two attached hydrogens (primary N) is 1. The summed E-state index contributed by atoms with van der Waals surface area (Å²) < 4.78 is 9.74. The lowest BCUT2D eigenvalue weighted by Crippen LogP contribution is -2.15. The van der Waals surface area contributed by atoms with Crippen molar-refractivity contribution in [2.45, 2.75) is 6.92 Å². The van der Waals surface area contributed by atoms with Crippen molar-refractivity contribution in [2.24, 2.45) is 0 Å². The van der Waals surface area contributed by atoms with E-state index >= 15 is 0 Å². The number of rotatable bonds is 4. The molecular formula is C10H13NO4. The largest absolute Gasteiger partial charge is 0.506 e. The third kappa shape index (κ3) is 3.05. The molecule has 5 heteroatoms. The maximum absolute atomic E-state index is 11.0. The smallest absolute Gasteiger partial charge is 0.344 e. The van der Waals surface area contributed by atoms with Gasteiger partial charge in [0.15, 0.2) is 6.61 Å². The van der Waals surface area contributed by atoms with Gasteiger partial charge in [0.1, 0.15) is 17.2 Å². The second kappa shape index (κ2) is 5.09. The number of hydrogen-bond acceptors (Lipinski definition) is 5. The van der Waals surface area contributed by atoms with Gasteiger partial charge in [0.25, 0.3) is 0 Å². The number of esters is 1. The van der Waals surface area contributed by atoms with Gasteiger partial charge < -0.3 is 20.3 Å². The molecule has 0 spiro atoms. The molecule has 82 valence electrons. The summed E-state index contributed by atoms with van der Waals surface area (Å²) in [7, 11) is 0. The van der Waals surface area contributed by atoms with Gasteiger partial charge in [-0.25, -0.2) is 4.79 Å². The molecule has 1 aromatic rings. The van der Waals surface area contributed by atoms with E-state index in [0.717, 1.165) is 0 Å². The zero-order valence-corrected chi connectivity index (χ0v) is 8.40. The van der Waals surface area contributed by atoms with Crippen LogP contribution in [0.25, 0.3) is 0 Å². The first-order valence-corrected chi connectivity index (χ1v) is 4.51. The predicted molar refractivity (Wildman–Crippen MR) is 54.6 cm³/mol. The molecule has 0 aliphatic heterocycles. The topological polar surface area (TPSA) is 81.8 Å². The maximum Gasteiger partial charge on any atom is 0.344 e. The molecule has 0 aliphatic carbocycles. The van der Waals surface area contributed by atoms with Crippen molar-refractivity contribution in [3.63, 3.8) is 0 Å². The van der Waals surface area contributed by atoms with E-state index in [1.54, 1.807) is 19.1 Å². The standard InChI is InChI=1S/C10H13NO4/c1-2-14-9(13)6-15-8-5-3-4-7(12)10(8)11/h3-5,12H,2,6,11H2,1H3. The van der Waals surface area contributed by atoms with Crippen LogP contribution in [0.3, 0.4) is 0 Å². The molecule has 0 amide bonds. The molecular weight excluding hydrogens is 198 g/mol. The first kappa shape index (κ1) is 11.2. The van der Waals surface area contributed by atoms with E-state index in [1.807, 2.05) is 0 Å². The normalized spacial score (nSPS) is 9.67. The number of hydrogen-bond donors (Lipinski definition) is 2. The minimum Gasteiger partial charge on any atom is -0.506 e. The predicted octanol–water partition coefficient (Wildman–Crippen LogP) is 0.916. The molecule has 0 aromatic heterocycles. The van der Waals surface area contributed by atoms with Gasteiger partial charge in [-0.3, -0.25) is 0 Å². The fourth-order valence-electron chi connectivity index (χ4n) is 0.998. The highest BCUT2D eigenvalue weighted by molar-refractivity contribution is 5.72. The van der Waals surface area contributed by atoms with E-state index in [9.17, 15) is 9.90 Å². The summed E-state index contributed by atoms with van der Waals surface area (Å²) in [4.78, 5) is 11.0. The summed E-state index contributed by atoms with van der Waals surface area (Å²) in [6.45, 7) is 1.79. The number of anilines is 1. The van der Waals surface area contributed by atoms with Crippen molar-refractivity contribution in [3.05, 3.63) is 18.2 Å². The zero-order valence-electron chi connectivity index (χ0n) is 8.40. The molecule has 15 heavy (non-hydrogen) atoms. The van der Waals surface area contributed by atoms with E-state index in [2.05, 4.69) is 4.74 Å². The molecule has 0 unspecified atom stereocenters. The Hall–Kier alpha value is -1.91. The van der Waals surface area contributed by atoms with Crippen molar-refractivity contribution < 1.29 is 19.4 Å². The molecule has 1 rings (SSSR count). The van der Waals surface area contributed by atoms with Crippen LogP contribution in [0.4, 0.5) is 5.69 Å². The van der Waals surface area contributed by atoms with Crippen molar-refractivity contribution in [3.8, 4) is 11.5 Å². The van der Waals surface area contributed by atoms with Crippen LogP contribution in [0.5, 0.6) is 11.5 Å². The Labute approximate surface area is 87.4 Å². The van der Waals surface area contributed by atoms with Gasteiger partial charge >= 0.3 is 5.97 Å². The maximum atomic E-state index is 11.0. The number of carbonyl (C=O) groups excluding carboxylic acids is 1. The van der Waals surface area contributed by atoms with Crippen LogP contribution in [0.1, 0.15) is 6.92 Å². The van der Waals surface area contributed by atoms with Crippen LogP contribution in [0, 0.1) is 0 Å². The monoisotopic (exact) mass is 211 g/mol. The quantitative estimate of drug-likeness (QED) is 0.439. The lowest BCUT2D eigenvalue weighted by molar-refractivity contribution is -0.145. The van der Waals surface area contributed by atoms with Gasteiger partial charge in [-0.15, -0.1) is 0 Å². The number of para-hydroxylation sites is 1. The highest BCUT2D eigenvalue weighted by Gasteiger charge is 2.07. The van der Waals surface area contributed by atoms with E-state index in [4.69, 9.17) is 10.5 Å². The van der Waals surface area contributed by atoms with Crippen molar-refractivity contribution in [1.29, 1.82) is 0 Å². The van der Waals surface area contributed by atoms with E-state index in [1.165, 1.54) is 6.07 Å². The number of nitrogen functional groups attached to an aromatic ring is 1. The van der Waals surface area contributed by atoms with Gasteiger partial charge in [-0.05, 0) is 19.1 Å². The average Bonchev–Trinajstić information content (AvgIpc) is 2.21. The Morgan fingerprint density at radius 2 is 2.27 bits per heavy atom. The van der Waals surface area contributed by atoms with Crippen LogP contribution in [0.2, 0.25) is 0 Å². The van der Waals surface area contributed by atoms with Crippen LogP contribution < -0.4 is 10.5 Å². The van der Waals surface area contributed by atoms with Gasteiger partial charge in [0, 0.05) is 0 Å². The fourth-order valence-corrected chi connectivity index (χ4v) is 0.998. The van der Waals surface area contributed by atoms with Crippen LogP contribution in [0.15, 0.2) is 18.2 Å². The number of carbonyl (C=O) groups is 1. The van der Waals surface area contributed by atoms with Gasteiger partial charge in [0.05, 0.1) is 6.61 Å². The van der Waals surface area contributed by atoms with E-state index in [-0.39, 0.29) is 23.8 Å². The Bertz CT molecular complexity index is 351. The minimum absolute atomic E-state index is 0.0728. The highest BCUT2D eigenvalue weighted by Crippen LogP contribution is 2.29. The second-order valence-corrected chi connectivity index (χ2v) is 2.78. The molecule has 0 fully saturated rings. The summed E-state index contributed by atoms with van der Waals surface area (Å²) in [6.07, 6.45) is 0. The number of ether oxygens (including phenoxy) is 2. The molecule has 0 atom stereocenters. The number of phenolic OH excluding ortho intramolecular Hbond substituents is 1. The third-order valence-electron chi connectivity index (χ3n) is 1.69. The van der Waals surface area contributed by atoms with Crippen molar-refractivity contribution >= 4 is 11.7 Å². The van der Waals surface area contributed by atoms with Crippen LogP contribution in [-0.2, 0) is 9.53 Å².